The van der Waals surface area contributed by atoms with E-state index in [1.165, 1.54) is 43.5 Å². The van der Waals surface area contributed by atoms with Crippen LogP contribution in [-0.4, -0.2) is 16.2 Å². The van der Waals surface area contributed by atoms with Crippen molar-refractivity contribution in [1.29, 1.82) is 0 Å². The predicted molar refractivity (Wildman–Crippen MR) is 78.0 cm³/mol. The average Bonchev–Trinajstić information content (AvgIpc) is 2.71. The highest BCUT2D eigenvalue weighted by Gasteiger charge is 2.49. The second-order valence-electron chi connectivity index (χ2n) is 7.16. The molecule has 1 spiro atoms. The number of aromatic nitrogens is 2. The van der Waals surface area contributed by atoms with Crippen molar-refractivity contribution in [3.05, 3.63) is 17.5 Å². The first-order chi connectivity index (χ1) is 9.08. The number of hydrogen-bond donors (Lipinski definition) is 2. The smallest absolute Gasteiger partial charge is 0.0650 e. The van der Waals surface area contributed by atoms with Crippen LogP contribution in [0, 0.1) is 11.3 Å². The molecule has 3 heteroatoms. The van der Waals surface area contributed by atoms with Gasteiger partial charge in [0, 0.05) is 18.3 Å². The van der Waals surface area contributed by atoms with Gasteiger partial charge in [-0.2, -0.15) is 5.10 Å². The Labute approximate surface area is 116 Å². The molecule has 2 N–H and O–H groups in total. The van der Waals surface area contributed by atoms with Gasteiger partial charge in [-0.05, 0) is 55.9 Å². The summed E-state index contributed by atoms with van der Waals surface area (Å²) >= 11 is 0. The van der Waals surface area contributed by atoms with E-state index >= 15 is 0 Å². The van der Waals surface area contributed by atoms with Gasteiger partial charge in [-0.25, -0.2) is 0 Å². The summed E-state index contributed by atoms with van der Waals surface area (Å²) in [5.41, 5.74) is 3.18. The van der Waals surface area contributed by atoms with E-state index in [1.54, 1.807) is 0 Å². The molecule has 0 radical (unpaired) electrons. The van der Waals surface area contributed by atoms with Crippen molar-refractivity contribution in [2.24, 2.45) is 11.3 Å². The molecule has 2 aliphatic rings. The van der Waals surface area contributed by atoms with Crippen LogP contribution in [0.3, 0.4) is 0 Å². The van der Waals surface area contributed by atoms with Crippen molar-refractivity contribution >= 4 is 0 Å². The van der Waals surface area contributed by atoms with Crippen LogP contribution in [-0.2, 0) is 6.54 Å². The maximum atomic E-state index is 4.35. The minimum absolute atomic E-state index is 0.507. The number of aromatic amines is 1. The Hall–Kier alpha value is -0.830. The summed E-state index contributed by atoms with van der Waals surface area (Å²) in [5, 5.41) is 11.2. The van der Waals surface area contributed by atoms with Crippen LogP contribution in [0.5, 0.6) is 0 Å². The maximum Gasteiger partial charge on any atom is 0.0650 e. The zero-order valence-corrected chi connectivity index (χ0v) is 12.5. The van der Waals surface area contributed by atoms with E-state index in [0.717, 1.165) is 17.9 Å². The van der Waals surface area contributed by atoms with Crippen LogP contribution in [0.2, 0.25) is 0 Å². The molecule has 2 aliphatic carbocycles. The maximum absolute atomic E-state index is 4.35. The average molecular weight is 261 g/mol. The molecule has 3 nitrogen and oxygen atoms in total. The van der Waals surface area contributed by atoms with Crippen LogP contribution in [0.4, 0.5) is 0 Å². The molecule has 19 heavy (non-hydrogen) atoms. The molecular weight excluding hydrogens is 234 g/mol. The SMILES string of the molecule is CC(C)c1cc(CNC(C)C2CC3(CCC3)C2)[nH]n1. The molecule has 2 fully saturated rings. The highest BCUT2D eigenvalue weighted by Crippen LogP contribution is 2.59. The lowest BCUT2D eigenvalue weighted by Crippen LogP contribution is -2.49. The van der Waals surface area contributed by atoms with Gasteiger partial charge in [0.1, 0.15) is 0 Å². The van der Waals surface area contributed by atoms with Crippen LogP contribution < -0.4 is 5.32 Å². The van der Waals surface area contributed by atoms with Gasteiger partial charge in [-0.3, -0.25) is 5.10 Å². The summed E-state index contributed by atoms with van der Waals surface area (Å²) < 4.78 is 0. The topological polar surface area (TPSA) is 40.7 Å². The Morgan fingerprint density at radius 1 is 1.37 bits per heavy atom. The first kappa shape index (κ1) is 13.2. The molecule has 3 rings (SSSR count). The second-order valence-corrected chi connectivity index (χ2v) is 7.16. The van der Waals surface area contributed by atoms with Crippen molar-refractivity contribution in [2.75, 3.05) is 0 Å². The molecule has 0 saturated heterocycles. The lowest BCUT2D eigenvalue weighted by Gasteiger charge is -2.56. The number of nitrogens with zero attached hydrogens (tertiary/aromatic N) is 1. The Balaban J connectivity index is 1.44. The Morgan fingerprint density at radius 2 is 2.11 bits per heavy atom. The van der Waals surface area contributed by atoms with Gasteiger partial charge in [-0.15, -0.1) is 0 Å². The number of rotatable bonds is 5. The third kappa shape index (κ3) is 2.58. The number of hydrogen-bond acceptors (Lipinski definition) is 2. The summed E-state index contributed by atoms with van der Waals surface area (Å²) in [6.07, 6.45) is 7.38. The molecule has 1 unspecified atom stereocenters. The molecule has 0 aromatic carbocycles. The quantitative estimate of drug-likeness (QED) is 0.850. The number of nitrogens with one attached hydrogen (secondary N) is 2. The summed E-state index contributed by atoms with van der Waals surface area (Å²) in [5.74, 6) is 1.40. The fourth-order valence-electron chi connectivity index (χ4n) is 3.69. The third-order valence-corrected chi connectivity index (χ3v) is 5.37. The second kappa shape index (κ2) is 4.93. The first-order valence-corrected chi connectivity index (χ1v) is 7.86. The molecule has 1 heterocycles. The van der Waals surface area contributed by atoms with E-state index in [-0.39, 0.29) is 0 Å². The minimum atomic E-state index is 0.507. The molecule has 1 aromatic heterocycles. The molecule has 0 bridgehead atoms. The van der Waals surface area contributed by atoms with Crippen LogP contribution in [0.1, 0.15) is 70.2 Å². The summed E-state index contributed by atoms with van der Waals surface area (Å²) in [4.78, 5) is 0. The minimum Gasteiger partial charge on any atom is -0.308 e. The lowest BCUT2D eigenvalue weighted by atomic mass is 9.50. The molecule has 2 saturated carbocycles. The van der Waals surface area contributed by atoms with Crippen molar-refractivity contribution < 1.29 is 0 Å². The van der Waals surface area contributed by atoms with Crippen molar-refractivity contribution in [3.63, 3.8) is 0 Å². The van der Waals surface area contributed by atoms with Crippen LogP contribution >= 0.6 is 0 Å². The monoisotopic (exact) mass is 261 g/mol. The highest BCUT2D eigenvalue weighted by molar-refractivity contribution is 5.12. The van der Waals surface area contributed by atoms with Crippen molar-refractivity contribution in [3.8, 4) is 0 Å². The van der Waals surface area contributed by atoms with Gasteiger partial charge in [0.25, 0.3) is 0 Å². The fourth-order valence-corrected chi connectivity index (χ4v) is 3.69. The Bertz CT molecular complexity index is 423. The van der Waals surface area contributed by atoms with E-state index in [2.05, 4.69) is 42.4 Å². The highest BCUT2D eigenvalue weighted by atomic mass is 15.1. The molecule has 1 atom stereocenters. The van der Waals surface area contributed by atoms with E-state index in [0.29, 0.717) is 12.0 Å². The van der Waals surface area contributed by atoms with Gasteiger partial charge in [0.2, 0.25) is 0 Å². The van der Waals surface area contributed by atoms with Gasteiger partial charge in [0.05, 0.1) is 5.69 Å². The zero-order chi connectivity index (χ0) is 13.5. The number of H-pyrrole nitrogens is 1. The lowest BCUT2D eigenvalue weighted by molar-refractivity contribution is -0.0378. The molecular formula is C16H27N3. The van der Waals surface area contributed by atoms with Gasteiger partial charge < -0.3 is 5.32 Å². The van der Waals surface area contributed by atoms with Gasteiger partial charge >= 0.3 is 0 Å². The summed E-state index contributed by atoms with van der Waals surface area (Å²) in [6, 6.07) is 2.83. The summed E-state index contributed by atoms with van der Waals surface area (Å²) in [6.45, 7) is 7.63. The molecule has 106 valence electrons. The summed E-state index contributed by atoms with van der Waals surface area (Å²) in [7, 11) is 0. The third-order valence-electron chi connectivity index (χ3n) is 5.37. The fraction of sp³-hybridized carbons (Fsp3) is 0.812. The molecule has 0 aliphatic heterocycles. The van der Waals surface area contributed by atoms with Gasteiger partial charge in [0.15, 0.2) is 0 Å². The molecule has 0 amide bonds. The van der Waals surface area contributed by atoms with E-state index in [4.69, 9.17) is 0 Å². The Kier molecular flexibility index (Phi) is 3.42. The first-order valence-electron chi connectivity index (χ1n) is 7.86. The van der Waals surface area contributed by atoms with E-state index in [9.17, 15) is 0 Å². The van der Waals surface area contributed by atoms with Crippen molar-refractivity contribution in [2.45, 2.75) is 71.4 Å². The van der Waals surface area contributed by atoms with Crippen LogP contribution in [0.25, 0.3) is 0 Å². The Morgan fingerprint density at radius 3 is 2.63 bits per heavy atom. The predicted octanol–water partition coefficient (Wildman–Crippen LogP) is 3.59. The van der Waals surface area contributed by atoms with E-state index in [1.807, 2.05) is 0 Å². The standard InChI is InChI=1S/C16H27N3/c1-11(2)15-7-14(18-19-15)10-17-12(3)13-8-16(9-13)5-4-6-16/h7,11-13,17H,4-6,8-10H2,1-3H3,(H,18,19). The van der Waals surface area contributed by atoms with Crippen molar-refractivity contribution in [1.82, 2.24) is 15.5 Å². The van der Waals surface area contributed by atoms with Crippen LogP contribution in [0.15, 0.2) is 6.07 Å². The normalized spacial score (nSPS) is 23.4. The molecule has 1 aromatic rings. The largest absolute Gasteiger partial charge is 0.308 e. The van der Waals surface area contributed by atoms with Gasteiger partial charge in [-0.1, -0.05) is 20.3 Å². The van der Waals surface area contributed by atoms with E-state index < -0.39 is 0 Å². The zero-order valence-electron chi connectivity index (χ0n) is 12.5.